The first-order valence-corrected chi connectivity index (χ1v) is 15.3. The molecular formula is C31H38ClN3O5S. The number of hydrogen-bond donors (Lipinski definition) is 1. The van der Waals surface area contributed by atoms with Crippen LogP contribution < -0.4 is 14.4 Å². The highest BCUT2D eigenvalue weighted by molar-refractivity contribution is 7.92. The van der Waals surface area contributed by atoms with E-state index >= 15 is 0 Å². The van der Waals surface area contributed by atoms with Crippen molar-refractivity contribution >= 4 is 39.1 Å². The molecule has 0 heterocycles. The molecule has 0 saturated heterocycles. The van der Waals surface area contributed by atoms with Crippen molar-refractivity contribution in [2.45, 2.75) is 51.6 Å². The quantitative estimate of drug-likeness (QED) is 0.283. The molecule has 8 nitrogen and oxygen atoms in total. The fourth-order valence-electron chi connectivity index (χ4n) is 4.27. The molecule has 10 heteroatoms. The van der Waals surface area contributed by atoms with Gasteiger partial charge in [0.1, 0.15) is 18.3 Å². The molecule has 3 aromatic rings. The number of para-hydroxylation sites is 1. The van der Waals surface area contributed by atoms with Gasteiger partial charge in [0, 0.05) is 13.1 Å². The Bertz CT molecular complexity index is 1430. The first-order valence-electron chi connectivity index (χ1n) is 13.5. The van der Waals surface area contributed by atoms with E-state index in [1.165, 1.54) is 17.0 Å². The van der Waals surface area contributed by atoms with Crippen LogP contribution in [-0.2, 0) is 26.2 Å². The molecule has 0 aliphatic heterocycles. The van der Waals surface area contributed by atoms with Crippen LogP contribution >= 0.6 is 11.6 Å². The number of amides is 2. The zero-order valence-electron chi connectivity index (χ0n) is 24.1. The van der Waals surface area contributed by atoms with Crippen LogP contribution in [0, 0.1) is 12.8 Å². The molecule has 0 fully saturated rings. The van der Waals surface area contributed by atoms with Crippen LogP contribution in [0.25, 0.3) is 0 Å². The van der Waals surface area contributed by atoms with Gasteiger partial charge in [-0.3, -0.25) is 13.9 Å². The Balaban J connectivity index is 2.05. The molecule has 0 aliphatic rings. The second-order valence-corrected chi connectivity index (χ2v) is 12.5. The zero-order valence-corrected chi connectivity index (χ0v) is 25.7. The van der Waals surface area contributed by atoms with Crippen molar-refractivity contribution in [1.82, 2.24) is 10.2 Å². The molecule has 0 saturated carbocycles. The van der Waals surface area contributed by atoms with E-state index in [9.17, 15) is 18.0 Å². The minimum atomic E-state index is -4.19. The zero-order chi connectivity index (χ0) is 30.2. The topological polar surface area (TPSA) is 96.0 Å². The predicted octanol–water partition coefficient (Wildman–Crippen LogP) is 5.43. The molecule has 220 valence electrons. The van der Waals surface area contributed by atoms with Crippen molar-refractivity contribution in [2.75, 3.05) is 24.5 Å². The van der Waals surface area contributed by atoms with Gasteiger partial charge in [0.15, 0.2) is 0 Å². The van der Waals surface area contributed by atoms with E-state index in [0.29, 0.717) is 18.7 Å². The van der Waals surface area contributed by atoms with E-state index in [1.807, 2.05) is 39.8 Å². The summed E-state index contributed by atoms with van der Waals surface area (Å²) in [6.45, 7) is 7.65. The van der Waals surface area contributed by atoms with Gasteiger partial charge < -0.3 is 15.0 Å². The van der Waals surface area contributed by atoms with Gasteiger partial charge in [-0.25, -0.2) is 8.42 Å². The summed E-state index contributed by atoms with van der Waals surface area (Å²) in [5, 5.41) is 3.10. The first-order chi connectivity index (χ1) is 19.5. The number of nitrogens with zero attached hydrogens (tertiary/aromatic N) is 2. The summed E-state index contributed by atoms with van der Waals surface area (Å²) in [5.41, 5.74) is 1.83. The molecule has 0 unspecified atom stereocenters. The number of aryl methyl sites for hydroxylation is 1. The van der Waals surface area contributed by atoms with Gasteiger partial charge in [0.25, 0.3) is 10.0 Å². The number of carbonyl (C=O) groups is 2. The van der Waals surface area contributed by atoms with Gasteiger partial charge in [-0.15, -0.1) is 0 Å². The first kappa shape index (κ1) is 32.0. The smallest absolute Gasteiger partial charge is 0.264 e. The summed E-state index contributed by atoms with van der Waals surface area (Å²) >= 11 is 6.46. The van der Waals surface area contributed by atoms with Gasteiger partial charge in [0.05, 0.1) is 22.7 Å². The Kier molecular flexibility index (Phi) is 11.2. The van der Waals surface area contributed by atoms with E-state index < -0.39 is 28.5 Å². The number of nitrogens with one attached hydrogen (secondary N) is 1. The van der Waals surface area contributed by atoms with Crippen LogP contribution in [-0.4, -0.2) is 51.4 Å². The minimum Gasteiger partial charge on any atom is -0.497 e. The Labute approximate surface area is 248 Å². The molecule has 1 atom stereocenters. The van der Waals surface area contributed by atoms with Crippen molar-refractivity contribution in [3.63, 3.8) is 0 Å². The molecule has 41 heavy (non-hydrogen) atoms. The molecular weight excluding hydrogens is 562 g/mol. The molecule has 3 aromatic carbocycles. The van der Waals surface area contributed by atoms with Crippen molar-refractivity contribution in [3.05, 3.63) is 88.9 Å². The van der Waals surface area contributed by atoms with Gasteiger partial charge >= 0.3 is 0 Å². The summed E-state index contributed by atoms with van der Waals surface area (Å²) < 4.78 is 34.1. The average Bonchev–Trinajstić information content (AvgIpc) is 2.95. The summed E-state index contributed by atoms with van der Waals surface area (Å²) in [6.07, 6.45) is 0.336. The highest BCUT2D eigenvalue weighted by atomic mass is 35.5. The Morgan fingerprint density at radius 2 is 1.61 bits per heavy atom. The molecule has 2 amide bonds. The fourth-order valence-corrected chi connectivity index (χ4v) is 6.00. The molecule has 0 spiro atoms. The van der Waals surface area contributed by atoms with E-state index in [4.69, 9.17) is 16.3 Å². The monoisotopic (exact) mass is 599 g/mol. The second kappa shape index (κ2) is 14.4. The van der Waals surface area contributed by atoms with Crippen LogP contribution in [0.4, 0.5) is 5.69 Å². The summed E-state index contributed by atoms with van der Waals surface area (Å²) in [4.78, 5) is 28.9. The second-order valence-electron chi connectivity index (χ2n) is 10.2. The third-order valence-corrected chi connectivity index (χ3v) is 8.68. The average molecular weight is 600 g/mol. The number of ether oxygens (including phenoxy) is 1. The van der Waals surface area contributed by atoms with Crippen LogP contribution in [0.1, 0.15) is 38.3 Å². The number of hydrogen-bond acceptors (Lipinski definition) is 5. The third-order valence-electron chi connectivity index (χ3n) is 6.59. The Hall–Kier alpha value is -3.56. The van der Waals surface area contributed by atoms with Crippen LogP contribution in [0.5, 0.6) is 5.75 Å². The van der Waals surface area contributed by atoms with E-state index in [-0.39, 0.29) is 34.0 Å². The normalized spacial score (nSPS) is 12.1. The maximum absolute atomic E-state index is 14.1. The van der Waals surface area contributed by atoms with Crippen LogP contribution in [0.3, 0.4) is 0 Å². The Morgan fingerprint density at radius 3 is 2.17 bits per heavy atom. The van der Waals surface area contributed by atoms with Crippen molar-refractivity contribution in [1.29, 1.82) is 0 Å². The third kappa shape index (κ3) is 8.24. The number of benzene rings is 3. The van der Waals surface area contributed by atoms with Crippen molar-refractivity contribution in [2.24, 2.45) is 5.92 Å². The van der Waals surface area contributed by atoms with Gasteiger partial charge in [-0.05, 0) is 61.2 Å². The number of anilines is 1. The number of sulfonamides is 1. The lowest BCUT2D eigenvalue weighted by Crippen LogP contribution is -2.52. The lowest BCUT2D eigenvalue weighted by molar-refractivity contribution is -0.140. The number of carbonyl (C=O) groups excluding carboxylic acids is 2. The maximum atomic E-state index is 14.1. The highest BCUT2D eigenvalue weighted by Crippen LogP contribution is 2.31. The molecule has 0 aromatic heterocycles. The SMILES string of the molecule is CC[C@@H](C(=O)NCC(C)C)N(Cc1ccc(OC)cc1)C(=O)CN(c1ccccc1Cl)S(=O)(=O)c1ccc(C)cc1. The van der Waals surface area contributed by atoms with Crippen molar-refractivity contribution in [3.8, 4) is 5.75 Å². The molecule has 0 radical (unpaired) electrons. The maximum Gasteiger partial charge on any atom is 0.264 e. The lowest BCUT2D eigenvalue weighted by Gasteiger charge is -2.33. The summed E-state index contributed by atoms with van der Waals surface area (Å²) in [7, 11) is -2.63. The lowest BCUT2D eigenvalue weighted by atomic mass is 10.1. The van der Waals surface area contributed by atoms with E-state index in [0.717, 1.165) is 15.4 Å². The number of methoxy groups -OCH3 is 1. The minimum absolute atomic E-state index is 0.0271. The standard InChI is InChI=1S/C31H38ClN3O5S/c1-6-28(31(37)33-19-22(2)3)34(20-24-13-15-25(40-5)16-14-24)30(36)21-35(29-10-8-7-9-27(29)32)41(38,39)26-17-11-23(4)12-18-26/h7-18,22,28H,6,19-21H2,1-5H3,(H,33,37)/t28-/m0/s1. The van der Waals surface area contributed by atoms with Gasteiger partial charge in [-0.2, -0.15) is 0 Å². The molecule has 1 N–H and O–H groups in total. The largest absolute Gasteiger partial charge is 0.497 e. The van der Waals surface area contributed by atoms with Crippen molar-refractivity contribution < 1.29 is 22.7 Å². The Morgan fingerprint density at radius 1 is 0.976 bits per heavy atom. The summed E-state index contributed by atoms with van der Waals surface area (Å²) in [6, 6.07) is 19.2. The molecule has 3 rings (SSSR count). The number of halogens is 1. The van der Waals surface area contributed by atoms with Crippen LogP contribution in [0.2, 0.25) is 5.02 Å². The van der Waals surface area contributed by atoms with Gasteiger partial charge in [0.2, 0.25) is 11.8 Å². The summed E-state index contributed by atoms with van der Waals surface area (Å²) in [5.74, 6) is 0.0386. The van der Waals surface area contributed by atoms with Gasteiger partial charge in [-0.1, -0.05) is 74.3 Å². The molecule has 0 bridgehead atoms. The number of rotatable bonds is 13. The van der Waals surface area contributed by atoms with Crippen LogP contribution in [0.15, 0.2) is 77.7 Å². The highest BCUT2D eigenvalue weighted by Gasteiger charge is 2.34. The van der Waals surface area contributed by atoms with E-state index in [1.54, 1.807) is 55.6 Å². The van der Waals surface area contributed by atoms with E-state index in [2.05, 4.69) is 5.32 Å². The fraction of sp³-hybridized carbons (Fsp3) is 0.355. The molecule has 0 aliphatic carbocycles. The predicted molar refractivity (Wildman–Crippen MR) is 163 cm³/mol.